The van der Waals surface area contributed by atoms with Crippen molar-refractivity contribution in [1.82, 2.24) is 20.6 Å². The summed E-state index contributed by atoms with van der Waals surface area (Å²) in [5.74, 6) is 1.17. The van der Waals surface area contributed by atoms with Crippen molar-refractivity contribution in [2.24, 2.45) is 4.99 Å². The first-order valence-corrected chi connectivity index (χ1v) is 9.39. The Bertz CT molecular complexity index is 962. The summed E-state index contributed by atoms with van der Waals surface area (Å²) in [6, 6.07) is 13.8. The van der Waals surface area contributed by atoms with Crippen LogP contribution in [0.3, 0.4) is 0 Å². The smallest absolute Gasteiger partial charge is 0.227 e. The molecule has 7 heteroatoms. The molecule has 4 N–H and O–H groups in total. The van der Waals surface area contributed by atoms with Crippen LogP contribution in [0.15, 0.2) is 53.7 Å². The van der Waals surface area contributed by atoms with E-state index in [0.29, 0.717) is 24.7 Å². The lowest BCUT2D eigenvalue weighted by Gasteiger charge is -2.11. The number of aromatic nitrogens is 2. The highest BCUT2D eigenvalue weighted by atomic mass is 16.1. The van der Waals surface area contributed by atoms with Gasteiger partial charge in [0.1, 0.15) is 5.82 Å². The molecule has 0 aliphatic carbocycles. The highest BCUT2D eigenvalue weighted by Gasteiger charge is 2.06. The molecule has 0 unspecified atom stereocenters. The van der Waals surface area contributed by atoms with Crippen LogP contribution in [-0.4, -0.2) is 42.0 Å². The van der Waals surface area contributed by atoms with Crippen molar-refractivity contribution in [2.45, 2.75) is 19.8 Å². The van der Waals surface area contributed by atoms with Crippen molar-refractivity contribution >= 4 is 28.6 Å². The summed E-state index contributed by atoms with van der Waals surface area (Å²) in [7, 11) is 1.72. The third-order valence-electron chi connectivity index (χ3n) is 4.39. The Hall–Kier alpha value is -3.35. The van der Waals surface area contributed by atoms with E-state index in [2.05, 4.69) is 43.0 Å². The molecule has 0 fully saturated rings. The fourth-order valence-electron chi connectivity index (χ4n) is 2.99. The number of carbonyl (C=O) groups excluding carboxylic acids is 1. The molecule has 1 amide bonds. The van der Waals surface area contributed by atoms with E-state index in [9.17, 15) is 4.79 Å². The molecule has 0 atom stereocenters. The number of fused-ring (bicyclic) bond motifs is 1. The van der Waals surface area contributed by atoms with E-state index >= 15 is 0 Å². The van der Waals surface area contributed by atoms with Gasteiger partial charge in [0.05, 0.1) is 0 Å². The Morgan fingerprint density at radius 3 is 2.75 bits per heavy atom. The van der Waals surface area contributed by atoms with Gasteiger partial charge in [-0.2, -0.15) is 0 Å². The molecule has 146 valence electrons. The molecule has 1 aromatic carbocycles. The van der Waals surface area contributed by atoms with E-state index < -0.39 is 0 Å². The van der Waals surface area contributed by atoms with Gasteiger partial charge >= 0.3 is 0 Å². The molecule has 2 heterocycles. The van der Waals surface area contributed by atoms with Crippen LogP contribution in [0.25, 0.3) is 10.9 Å². The lowest BCUT2D eigenvalue weighted by atomic mass is 10.1. The van der Waals surface area contributed by atoms with Crippen molar-refractivity contribution in [3.63, 3.8) is 0 Å². The average molecular weight is 378 g/mol. The zero-order valence-corrected chi connectivity index (χ0v) is 16.2. The topological polar surface area (TPSA) is 94.2 Å². The number of aliphatic imine (C=N–C) groups is 1. The van der Waals surface area contributed by atoms with Gasteiger partial charge in [-0.25, -0.2) is 4.98 Å². The summed E-state index contributed by atoms with van der Waals surface area (Å²) < 4.78 is 0. The Morgan fingerprint density at radius 2 is 1.93 bits per heavy atom. The Labute approximate surface area is 164 Å². The molecule has 0 spiro atoms. The lowest BCUT2D eigenvalue weighted by molar-refractivity contribution is -0.116. The number of aryl methyl sites for hydroxylation is 1. The summed E-state index contributed by atoms with van der Waals surface area (Å²) in [5.41, 5.74) is 3.29. The van der Waals surface area contributed by atoms with E-state index in [1.807, 2.05) is 37.4 Å². The zero-order chi connectivity index (χ0) is 19.8. The molecule has 3 rings (SSSR count). The number of guanidine groups is 1. The number of hydrogen-bond donors (Lipinski definition) is 4. The number of anilines is 1. The van der Waals surface area contributed by atoms with E-state index in [1.165, 1.54) is 10.9 Å². The second-order valence-corrected chi connectivity index (χ2v) is 6.50. The Kier molecular flexibility index (Phi) is 6.62. The number of H-pyrrole nitrogens is 1. The van der Waals surface area contributed by atoms with Crippen molar-refractivity contribution in [3.8, 4) is 0 Å². The van der Waals surface area contributed by atoms with Gasteiger partial charge in [-0.05, 0) is 37.1 Å². The molecule has 2 aromatic heterocycles. The van der Waals surface area contributed by atoms with Crippen molar-refractivity contribution in [3.05, 3.63) is 59.9 Å². The molecule has 3 aromatic rings. The molecule has 0 bridgehead atoms. The number of nitrogens with one attached hydrogen (secondary N) is 4. The molecule has 0 aliphatic rings. The van der Waals surface area contributed by atoms with Crippen LogP contribution in [0, 0.1) is 6.92 Å². The van der Waals surface area contributed by atoms with E-state index in [-0.39, 0.29) is 5.91 Å². The average Bonchev–Trinajstić information content (AvgIpc) is 3.10. The van der Waals surface area contributed by atoms with Gasteiger partial charge in [-0.3, -0.25) is 9.79 Å². The summed E-state index contributed by atoms with van der Waals surface area (Å²) in [4.78, 5) is 23.8. The maximum atomic E-state index is 12.0. The molecular formula is C21H26N6O. The summed E-state index contributed by atoms with van der Waals surface area (Å²) in [6.45, 7) is 3.13. The van der Waals surface area contributed by atoms with Crippen LogP contribution in [0.4, 0.5) is 5.82 Å². The molecule has 28 heavy (non-hydrogen) atoms. The predicted molar refractivity (Wildman–Crippen MR) is 114 cm³/mol. The minimum absolute atomic E-state index is 0.0835. The van der Waals surface area contributed by atoms with E-state index in [0.717, 1.165) is 24.2 Å². The van der Waals surface area contributed by atoms with E-state index in [1.54, 1.807) is 13.1 Å². The van der Waals surface area contributed by atoms with Gasteiger partial charge in [0.15, 0.2) is 5.96 Å². The number of benzene rings is 1. The van der Waals surface area contributed by atoms with Gasteiger partial charge in [0.25, 0.3) is 0 Å². The quantitative estimate of drug-likeness (QED) is 0.375. The molecule has 0 aliphatic heterocycles. The predicted octanol–water partition coefficient (Wildman–Crippen LogP) is 2.61. The number of pyridine rings is 1. The number of amides is 1. The summed E-state index contributed by atoms with van der Waals surface area (Å²) in [6.07, 6.45) is 3.26. The van der Waals surface area contributed by atoms with Crippen LogP contribution in [0.2, 0.25) is 0 Å². The number of aromatic amines is 1. The Balaban J connectivity index is 1.39. The number of para-hydroxylation sites is 1. The van der Waals surface area contributed by atoms with Gasteiger partial charge in [0.2, 0.25) is 5.91 Å². The monoisotopic (exact) mass is 378 g/mol. The van der Waals surface area contributed by atoms with Crippen LogP contribution >= 0.6 is 0 Å². The molecule has 0 saturated heterocycles. The molecule has 0 saturated carbocycles. The standard InChI is InChI=1S/C21H26N6O/c1-15-6-5-9-19(26-15)27-20(28)11-13-24-21(22-2)23-12-10-16-14-25-18-8-4-3-7-17(16)18/h3-9,14,25H,10-13H2,1-2H3,(H2,22,23,24)(H,26,27,28). The molecule has 7 nitrogen and oxygen atoms in total. The zero-order valence-electron chi connectivity index (χ0n) is 16.2. The van der Waals surface area contributed by atoms with Gasteiger partial charge in [-0.15, -0.1) is 0 Å². The van der Waals surface area contributed by atoms with Gasteiger partial charge in [0, 0.05) is 49.4 Å². The normalized spacial score (nSPS) is 11.4. The number of rotatable bonds is 7. The van der Waals surface area contributed by atoms with Crippen LogP contribution < -0.4 is 16.0 Å². The Morgan fingerprint density at radius 1 is 1.11 bits per heavy atom. The molecular weight excluding hydrogens is 352 g/mol. The first-order valence-electron chi connectivity index (χ1n) is 9.39. The largest absolute Gasteiger partial charge is 0.361 e. The first-order chi connectivity index (χ1) is 13.7. The third kappa shape index (κ3) is 5.33. The summed E-state index contributed by atoms with van der Waals surface area (Å²) in [5, 5.41) is 10.5. The fourth-order valence-corrected chi connectivity index (χ4v) is 2.99. The number of nitrogens with zero attached hydrogens (tertiary/aromatic N) is 2. The van der Waals surface area contributed by atoms with Crippen molar-refractivity contribution in [2.75, 3.05) is 25.5 Å². The van der Waals surface area contributed by atoms with Crippen molar-refractivity contribution < 1.29 is 4.79 Å². The summed E-state index contributed by atoms with van der Waals surface area (Å²) >= 11 is 0. The highest BCUT2D eigenvalue weighted by Crippen LogP contribution is 2.17. The number of carbonyl (C=O) groups is 1. The minimum Gasteiger partial charge on any atom is -0.361 e. The maximum absolute atomic E-state index is 12.0. The van der Waals surface area contributed by atoms with Crippen LogP contribution in [-0.2, 0) is 11.2 Å². The fraction of sp³-hybridized carbons (Fsp3) is 0.286. The van der Waals surface area contributed by atoms with Gasteiger partial charge < -0.3 is 20.9 Å². The SMILES string of the molecule is CN=C(NCCC(=O)Nc1cccc(C)n1)NCCc1c[nH]c2ccccc12. The van der Waals surface area contributed by atoms with Crippen LogP contribution in [0.1, 0.15) is 17.7 Å². The second-order valence-electron chi connectivity index (χ2n) is 6.50. The first kappa shape index (κ1) is 19.4. The second kappa shape index (κ2) is 9.55. The van der Waals surface area contributed by atoms with E-state index in [4.69, 9.17) is 0 Å². The number of hydrogen-bond acceptors (Lipinski definition) is 3. The van der Waals surface area contributed by atoms with Crippen LogP contribution in [0.5, 0.6) is 0 Å². The van der Waals surface area contributed by atoms with Gasteiger partial charge in [-0.1, -0.05) is 24.3 Å². The highest BCUT2D eigenvalue weighted by molar-refractivity contribution is 5.90. The molecule has 0 radical (unpaired) electrons. The van der Waals surface area contributed by atoms with Crippen molar-refractivity contribution in [1.29, 1.82) is 0 Å². The third-order valence-corrected chi connectivity index (χ3v) is 4.39. The lowest BCUT2D eigenvalue weighted by Crippen LogP contribution is -2.39. The minimum atomic E-state index is -0.0835. The maximum Gasteiger partial charge on any atom is 0.227 e.